The maximum atomic E-state index is 9.02. The summed E-state index contributed by atoms with van der Waals surface area (Å²) in [5, 5.41) is 12.3. The molecule has 0 aliphatic carbocycles. The van der Waals surface area contributed by atoms with Crippen LogP contribution in [-0.4, -0.2) is 25.0 Å². The molecular formula is C13H15BrN2O2. The van der Waals surface area contributed by atoms with Crippen molar-refractivity contribution in [3.05, 3.63) is 28.2 Å². The maximum absolute atomic E-state index is 9.02. The standard InChI is InChI=1S/C13H15BrN2O2/c1-13(2)17-8-11(18-13)7-16-12-5-10(14)4-3-9(12)6-15/h3-5,11,16H,7-8H2,1-2H3. The van der Waals surface area contributed by atoms with E-state index in [4.69, 9.17) is 14.7 Å². The van der Waals surface area contributed by atoms with Gasteiger partial charge in [0.05, 0.1) is 17.9 Å². The molecule has 0 amide bonds. The highest BCUT2D eigenvalue weighted by atomic mass is 79.9. The van der Waals surface area contributed by atoms with Crippen LogP contribution in [0.1, 0.15) is 19.4 Å². The van der Waals surface area contributed by atoms with Crippen LogP contribution in [0.4, 0.5) is 5.69 Å². The van der Waals surface area contributed by atoms with Crippen molar-refractivity contribution in [3.63, 3.8) is 0 Å². The number of hydrogen-bond donors (Lipinski definition) is 1. The van der Waals surface area contributed by atoms with Crippen molar-refractivity contribution in [2.24, 2.45) is 0 Å². The fraction of sp³-hybridized carbons (Fsp3) is 0.462. The first kappa shape index (κ1) is 13.3. The molecule has 1 N–H and O–H groups in total. The van der Waals surface area contributed by atoms with Crippen molar-refractivity contribution in [2.75, 3.05) is 18.5 Å². The van der Waals surface area contributed by atoms with Crippen molar-refractivity contribution < 1.29 is 9.47 Å². The van der Waals surface area contributed by atoms with Gasteiger partial charge in [0.15, 0.2) is 5.79 Å². The monoisotopic (exact) mass is 310 g/mol. The Labute approximate surface area is 115 Å². The highest BCUT2D eigenvalue weighted by molar-refractivity contribution is 9.10. The van der Waals surface area contributed by atoms with E-state index in [1.807, 2.05) is 26.0 Å². The third-order valence-corrected chi connectivity index (χ3v) is 3.18. The number of ether oxygens (including phenoxy) is 2. The van der Waals surface area contributed by atoms with Gasteiger partial charge in [-0.15, -0.1) is 0 Å². The highest BCUT2D eigenvalue weighted by Gasteiger charge is 2.32. The maximum Gasteiger partial charge on any atom is 0.163 e. The molecule has 1 aliphatic heterocycles. The van der Waals surface area contributed by atoms with Crippen LogP contribution in [0, 0.1) is 11.3 Å². The molecule has 1 aliphatic rings. The Balaban J connectivity index is 1.99. The molecule has 0 spiro atoms. The number of hydrogen-bond acceptors (Lipinski definition) is 4. The molecule has 0 bridgehead atoms. The first-order chi connectivity index (χ1) is 8.50. The zero-order valence-electron chi connectivity index (χ0n) is 10.4. The van der Waals surface area contributed by atoms with E-state index in [-0.39, 0.29) is 6.10 Å². The molecule has 96 valence electrons. The van der Waals surface area contributed by atoms with Gasteiger partial charge in [0, 0.05) is 11.0 Å². The quantitative estimate of drug-likeness (QED) is 0.932. The van der Waals surface area contributed by atoms with Crippen molar-refractivity contribution in [1.82, 2.24) is 0 Å². The van der Waals surface area contributed by atoms with E-state index >= 15 is 0 Å². The van der Waals surface area contributed by atoms with Crippen LogP contribution in [0.2, 0.25) is 0 Å². The third-order valence-electron chi connectivity index (χ3n) is 2.69. The summed E-state index contributed by atoms with van der Waals surface area (Å²) in [6.07, 6.45) is 0.00512. The van der Waals surface area contributed by atoms with Gasteiger partial charge in [-0.25, -0.2) is 0 Å². The Kier molecular flexibility index (Phi) is 3.91. The summed E-state index contributed by atoms with van der Waals surface area (Å²) in [6, 6.07) is 7.68. The van der Waals surface area contributed by atoms with Crippen LogP contribution < -0.4 is 5.32 Å². The van der Waals surface area contributed by atoms with Crippen LogP contribution in [0.5, 0.6) is 0 Å². The molecule has 1 aromatic carbocycles. The van der Waals surface area contributed by atoms with E-state index in [1.54, 1.807) is 6.07 Å². The molecule has 1 aromatic rings. The van der Waals surface area contributed by atoms with Gasteiger partial charge >= 0.3 is 0 Å². The molecule has 1 atom stereocenters. The lowest BCUT2D eigenvalue weighted by Gasteiger charge is -2.17. The Morgan fingerprint density at radius 2 is 2.33 bits per heavy atom. The molecule has 4 nitrogen and oxygen atoms in total. The van der Waals surface area contributed by atoms with Crippen molar-refractivity contribution in [2.45, 2.75) is 25.7 Å². The lowest BCUT2D eigenvalue weighted by atomic mass is 10.2. The van der Waals surface area contributed by atoms with Crippen molar-refractivity contribution >= 4 is 21.6 Å². The molecule has 1 heterocycles. The summed E-state index contributed by atoms with van der Waals surface area (Å²) >= 11 is 3.39. The zero-order valence-corrected chi connectivity index (χ0v) is 12.0. The smallest absolute Gasteiger partial charge is 0.163 e. The van der Waals surface area contributed by atoms with Crippen LogP contribution in [0.15, 0.2) is 22.7 Å². The second kappa shape index (κ2) is 5.27. The molecule has 0 saturated carbocycles. The van der Waals surface area contributed by atoms with Crippen molar-refractivity contribution in [1.29, 1.82) is 5.26 Å². The second-order valence-electron chi connectivity index (χ2n) is 4.63. The van der Waals surface area contributed by atoms with Gasteiger partial charge < -0.3 is 14.8 Å². The number of rotatable bonds is 3. The Morgan fingerprint density at radius 3 is 2.94 bits per heavy atom. The minimum atomic E-state index is -0.512. The summed E-state index contributed by atoms with van der Waals surface area (Å²) in [4.78, 5) is 0. The average molecular weight is 311 g/mol. The lowest BCUT2D eigenvalue weighted by molar-refractivity contribution is -0.136. The third kappa shape index (κ3) is 3.22. The molecule has 18 heavy (non-hydrogen) atoms. The van der Waals surface area contributed by atoms with Crippen LogP contribution in [0.3, 0.4) is 0 Å². The topological polar surface area (TPSA) is 54.3 Å². The number of nitrogens with one attached hydrogen (secondary N) is 1. The molecule has 0 radical (unpaired) electrons. The summed E-state index contributed by atoms with van der Waals surface area (Å²) in [6.45, 7) is 4.98. The van der Waals surface area contributed by atoms with E-state index in [0.717, 1.165) is 10.2 Å². The Bertz CT molecular complexity index is 482. The molecule has 0 aromatic heterocycles. The summed E-state index contributed by atoms with van der Waals surface area (Å²) in [7, 11) is 0. The van der Waals surface area contributed by atoms with Gasteiger partial charge in [0.1, 0.15) is 12.2 Å². The first-order valence-electron chi connectivity index (χ1n) is 5.75. The van der Waals surface area contributed by atoms with Crippen molar-refractivity contribution in [3.8, 4) is 6.07 Å². The summed E-state index contributed by atoms with van der Waals surface area (Å²) in [5.41, 5.74) is 1.43. The SMILES string of the molecule is CC1(C)OCC(CNc2cc(Br)ccc2C#N)O1. The molecular weight excluding hydrogens is 296 g/mol. The minimum Gasteiger partial charge on any atom is -0.381 e. The van der Waals surface area contributed by atoms with E-state index in [9.17, 15) is 0 Å². The number of nitrogens with zero attached hydrogens (tertiary/aromatic N) is 1. The lowest BCUT2D eigenvalue weighted by Crippen LogP contribution is -2.26. The normalized spacial score (nSPS) is 21.6. The molecule has 5 heteroatoms. The summed E-state index contributed by atoms with van der Waals surface area (Å²) < 4.78 is 12.1. The van der Waals surface area contributed by atoms with E-state index in [1.165, 1.54) is 0 Å². The van der Waals surface area contributed by atoms with Gasteiger partial charge in [-0.05, 0) is 32.0 Å². The largest absolute Gasteiger partial charge is 0.381 e. The summed E-state index contributed by atoms with van der Waals surface area (Å²) in [5.74, 6) is -0.512. The highest BCUT2D eigenvalue weighted by Crippen LogP contribution is 2.24. The fourth-order valence-electron chi connectivity index (χ4n) is 1.85. The predicted molar refractivity (Wildman–Crippen MR) is 72.3 cm³/mol. The van der Waals surface area contributed by atoms with Gasteiger partial charge in [-0.3, -0.25) is 0 Å². The van der Waals surface area contributed by atoms with E-state index in [0.29, 0.717) is 18.7 Å². The zero-order chi connectivity index (χ0) is 13.2. The van der Waals surface area contributed by atoms with E-state index in [2.05, 4.69) is 27.3 Å². The molecule has 2 rings (SSSR count). The van der Waals surface area contributed by atoms with Crippen LogP contribution >= 0.6 is 15.9 Å². The second-order valence-corrected chi connectivity index (χ2v) is 5.55. The number of benzene rings is 1. The van der Waals surface area contributed by atoms with Gasteiger partial charge in [0.25, 0.3) is 0 Å². The Morgan fingerprint density at radius 1 is 1.56 bits per heavy atom. The average Bonchev–Trinajstić information content (AvgIpc) is 2.66. The van der Waals surface area contributed by atoms with Gasteiger partial charge in [-0.2, -0.15) is 5.26 Å². The molecule has 1 unspecified atom stereocenters. The van der Waals surface area contributed by atoms with Gasteiger partial charge in [0.2, 0.25) is 0 Å². The van der Waals surface area contributed by atoms with Gasteiger partial charge in [-0.1, -0.05) is 15.9 Å². The predicted octanol–water partition coefficient (Wildman–Crippen LogP) is 2.88. The number of anilines is 1. The van der Waals surface area contributed by atoms with Crippen LogP contribution in [-0.2, 0) is 9.47 Å². The first-order valence-corrected chi connectivity index (χ1v) is 6.55. The molecule has 1 fully saturated rings. The van der Waals surface area contributed by atoms with E-state index < -0.39 is 5.79 Å². The number of nitriles is 1. The minimum absolute atomic E-state index is 0.00512. The fourth-order valence-corrected chi connectivity index (χ4v) is 2.21. The molecule has 1 saturated heterocycles. The Hall–Kier alpha value is -1.09. The number of halogens is 1. The van der Waals surface area contributed by atoms with Crippen LogP contribution in [0.25, 0.3) is 0 Å².